The van der Waals surface area contributed by atoms with Crippen molar-refractivity contribution in [3.8, 4) is 0 Å². The number of urea groups is 1. The Balaban J connectivity index is 0.932. The molecule has 268 valence electrons. The summed E-state index contributed by atoms with van der Waals surface area (Å²) in [6, 6.07) is 37.9. The Hall–Kier alpha value is -4.22. The fourth-order valence-electron chi connectivity index (χ4n) is 7.99. The van der Waals surface area contributed by atoms with Gasteiger partial charge in [0.2, 0.25) is 0 Å². The molecule has 0 bridgehead atoms. The van der Waals surface area contributed by atoms with E-state index in [0.29, 0.717) is 18.2 Å². The maximum atomic E-state index is 13.3. The average Bonchev–Trinajstić information content (AvgIpc) is 3.89. The lowest BCUT2D eigenvalue weighted by Crippen LogP contribution is -2.58. The van der Waals surface area contributed by atoms with Crippen molar-refractivity contribution in [3.05, 3.63) is 126 Å². The van der Waals surface area contributed by atoms with Crippen LogP contribution in [0.3, 0.4) is 0 Å². The van der Waals surface area contributed by atoms with Gasteiger partial charge in [-0.1, -0.05) is 115 Å². The number of carbonyl (C=O) groups excluding carboxylic acids is 1. The van der Waals surface area contributed by atoms with Gasteiger partial charge in [0.15, 0.2) is 0 Å². The van der Waals surface area contributed by atoms with Gasteiger partial charge in [-0.25, -0.2) is 14.3 Å². The normalized spacial score (nSPS) is 24.6. The lowest BCUT2D eigenvalue weighted by Gasteiger charge is -2.32. The van der Waals surface area contributed by atoms with Crippen LogP contribution in [0.1, 0.15) is 38.8 Å². The number of aromatic nitrogens is 2. The van der Waals surface area contributed by atoms with E-state index in [0.717, 1.165) is 42.6 Å². The second-order valence-electron chi connectivity index (χ2n) is 14.1. The molecule has 3 fully saturated rings. The highest BCUT2D eigenvalue weighted by Gasteiger charge is 2.51. The van der Waals surface area contributed by atoms with Crippen LogP contribution >= 0.6 is 8.53 Å². The second-order valence-corrected chi connectivity index (χ2v) is 19.7. The molecule has 12 heteroatoms. The summed E-state index contributed by atoms with van der Waals surface area (Å²) in [5, 5.41) is 10.4. The Morgan fingerprint density at radius 2 is 1.63 bits per heavy atom. The maximum absolute atomic E-state index is 13.3. The number of carbonyl (C=O) groups is 1. The Labute approximate surface area is 306 Å². The molecule has 10 nitrogen and oxygen atoms in total. The SMILES string of the molecule is CC[C@H]1O[C@@H](n2ccc(NC(=O)Nc3ccc4ccccc4c3)nc2=O)CC1O[P@@]1O[C@H](C[Si](C)(c2ccccc2)c2ccccc2)[C@@H]2CCCN21. The Bertz CT molecular complexity index is 2050. The quantitative estimate of drug-likeness (QED) is 0.117. The molecular weight excluding hydrogens is 690 g/mol. The van der Waals surface area contributed by atoms with E-state index in [-0.39, 0.29) is 24.1 Å². The number of hydrogen-bond acceptors (Lipinski definition) is 7. The number of benzene rings is 4. The first kappa shape index (κ1) is 34.8. The molecule has 52 heavy (non-hydrogen) atoms. The predicted molar refractivity (Wildman–Crippen MR) is 209 cm³/mol. The molecule has 6 atom stereocenters. The summed E-state index contributed by atoms with van der Waals surface area (Å²) in [6.45, 7) is 5.50. The molecule has 8 rings (SSSR count). The van der Waals surface area contributed by atoms with Crippen molar-refractivity contribution in [3.63, 3.8) is 0 Å². The number of anilines is 2. The summed E-state index contributed by atoms with van der Waals surface area (Å²) >= 11 is 0. The van der Waals surface area contributed by atoms with Crippen LogP contribution in [0.4, 0.5) is 16.3 Å². The molecule has 1 aromatic heterocycles. The summed E-state index contributed by atoms with van der Waals surface area (Å²) in [7, 11) is -3.41. The molecular formula is C40H44N5O5PSi. The standard InChI is InChI=1S/C40H44N5O5PSi/c1-3-34-35(26-38(48-34)44-24-22-37(43-40(44)47)42-39(46)41-30-21-20-28-13-10-11-14-29(28)25-30)49-51-45-23-12-19-33(45)36(50-51)27-52(2,31-15-6-4-7-16-31)32-17-8-5-9-18-32/h4-11,13-18,20-22,24-25,33-36,38H,3,12,19,23,26-27H2,1-2H3,(H2,41,42,43,46,47)/t33-,34+,35?,36+,38+,51-/m0/s1. The van der Waals surface area contributed by atoms with Gasteiger partial charge in [-0.2, -0.15) is 4.98 Å². The van der Waals surface area contributed by atoms with E-state index in [2.05, 4.69) is 94.4 Å². The van der Waals surface area contributed by atoms with Gasteiger partial charge in [0.25, 0.3) is 8.53 Å². The van der Waals surface area contributed by atoms with Crippen molar-refractivity contribution in [2.75, 3.05) is 17.2 Å². The summed E-state index contributed by atoms with van der Waals surface area (Å²) in [4.78, 5) is 30.2. The first-order valence-electron chi connectivity index (χ1n) is 18.2. The van der Waals surface area contributed by atoms with E-state index >= 15 is 0 Å². The summed E-state index contributed by atoms with van der Waals surface area (Å²) in [5.74, 6) is 0.160. The van der Waals surface area contributed by atoms with Crippen LogP contribution in [0.2, 0.25) is 12.6 Å². The summed E-state index contributed by atoms with van der Waals surface area (Å²) < 4.78 is 24.1. The van der Waals surface area contributed by atoms with Crippen molar-refractivity contribution < 1.29 is 18.6 Å². The zero-order chi connectivity index (χ0) is 35.7. The van der Waals surface area contributed by atoms with Gasteiger partial charge in [-0.3, -0.25) is 9.88 Å². The fraction of sp³-hybridized carbons (Fsp3) is 0.325. The lowest BCUT2D eigenvalue weighted by molar-refractivity contribution is -0.0187. The molecule has 0 radical (unpaired) electrons. The van der Waals surface area contributed by atoms with Gasteiger partial charge in [0.1, 0.15) is 20.1 Å². The van der Waals surface area contributed by atoms with Crippen LogP contribution < -0.4 is 26.7 Å². The highest BCUT2D eigenvalue weighted by molar-refractivity contribution is 7.45. The van der Waals surface area contributed by atoms with Gasteiger partial charge in [0.05, 0.1) is 18.3 Å². The molecule has 4 aromatic carbocycles. The zero-order valence-corrected chi connectivity index (χ0v) is 31.3. The number of ether oxygens (including phenoxy) is 1. The van der Waals surface area contributed by atoms with Crippen molar-refractivity contribution in [1.82, 2.24) is 14.2 Å². The summed E-state index contributed by atoms with van der Waals surface area (Å²) in [6.07, 6.45) is 4.21. The van der Waals surface area contributed by atoms with Crippen LogP contribution in [-0.4, -0.2) is 59.2 Å². The summed E-state index contributed by atoms with van der Waals surface area (Å²) in [5.41, 5.74) is 0.140. The smallest absolute Gasteiger partial charge is 0.351 e. The van der Waals surface area contributed by atoms with Gasteiger partial charge in [-0.05, 0) is 54.3 Å². The Kier molecular flexibility index (Phi) is 10.1. The molecule has 3 saturated heterocycles. The topological polar surface area (TPSA) is 107 Å². The lowest BCUT2D eigenvalue weighted by atomic mass is 10.1. The van der Waals surface area contributed by atoms with E-state index in [1.807, 2.05) is 42.5 Å². The first-order chi connectivity index (χ1) is 25.4. The molecule has 3 aliphatic rings. The third-order valence-corrected chi connectivity index (χ3v) is 17.0. The number of fused-ring (bicyclic) bond motifs is 2. The van der Waals surface area contributed by atoms with E-state index in [4.69, 9.17) is 13.8 Å². The second kappa shape index (κ2) is 15.0. The molecule has 4 heterocycles. The van der Waals surface area contributed by atoms with Gasteiger partial charge in [0, 0.05) is 30.9 Å². The van der Waals surface area contributed by atoms with Crippen molar-refractivity contribution in [2.45, 2.75) is 75.8 Å². The van der Waals surface area contributed by atoms with E-state index < -0.39 is 34.5 Å². The minimum Gasteiger partial charge on any atom is -0.352 e. The number of nitrogens with one attached hydrogen (secondary N) is 2. The van der Waals surface area contributed by atoms with Gasteiger partial charge in [-0.15, -0.1) is 0 Å². The fourth-order valence-corrected chi connectivity index (χ4v) is 14.0. The minimum absolute atomic E-state index is 0.0779. The molecule has 3 aliphatic heterocycles. The van der Waals surface area contributed by atoms with Crippen molar-refractivity contribution >= 4 is 55.3 Å². The monoisotopic (exact) mass is 733 g/mol. The Morgan fingerprint density at radius 3 is 2.35 bits per heavy atom. The van der Waals surface area contributed by atoms with Crippen molar-refractivity contribution in [2.24, 2.45) is 0 Å². The van der Waals surface area contributed by atoms with Crippen LogP contribution in [0.15, 0.2) is 120 Å². The van der Waals surface area contributed by atoms with E-state index in [1.165, 1.54) is 14.9 Å². The Morgan fingerprint density at radius 1 is 0.923 bits per heavy atom. The zero-order valence-electron chi connectivity index (χ0n) is 29.4. The predicted octanol–water partition coefficient (Wildman–Crippen LogP) is 7.11. The number of hydrogen-bond donors (Lipinski definition) is 2. The van der Waals surface area contributed by atoms with Crippen LogP contribution in [0, 0.1) is 0 Å². The average molecular weight is 734 g/mol. The molecule has 1 unspecified atom stereocenters. The highest BCUT2D eigenvalue weighted by atomic mass is 31.2. The first-order valence-corrected chi connectivity index (χ1v) is 22.0. The molecule has 2 amide bonds. The molecule has 2 N–H and O–H groups in total. The molecule has 0 aliphatic carbocycles. The molecule has 0 spiro atoms. The largest absolute Gasteiger partial charge is 0.352 e. The van der Waals surface area contributed by atoms with Gasteiger partial charge < -0.3 is 19.1 Å². The maximum Gasteiger partial charge on any atom is 0.351 e. The van der Waals surface area contributed by atoms with E-state index in [9.17, 15) is 9.59 Å². The number of rotatable bonds is 10. The van der Waals surface area contributed by atoms with Crippen molar-refractivity contribution in [1.29, 1.82) is 0 Å². The van der Waals surface area contributed by atoms with Crippen LogP contribution in [0.5, 0.6) is 0 Å². The molecule has 0 saturated carbocycles. The highest BCUT2D eigenvalue weighted by Crippen LogP contribution is 2.59. The third kappa shape index (κ3) is 7.09. The molecule has 5 aromatic rings. The number of nitrogens with zero attached hydrogens (tertiary/aromatic N) is 3. The minimum atomic E-state index is -2.12. The van der Waals surface area contributed by atoms with E-state index in [1.54, 1.807) is 12.3 Å². The third-order valence-electron chi connectivity index (χ3n) is 10.8. The number of amides is 2. The van der Waals surface area contributed by atoms with Gasteiger partial charge >= 0.3 is 11.7 Å². The van der Waals surface area contributed by atoms with Crippen LogP contribution in [-0.2, 0) is 13.8 Å². The van der Waals surface area contributed by atoms with Crippen LogP contribution in [0.25, 0.3) is 10.8 Å².